The summed E-state index contributed by atoms with van der Waals surface area (Å²) in [5.41, 5.74) is 4.95. The van der Waals surface area contributed by atoms with Crippen molar-refractivity contribution in [3.8, 4) is 5.75 Å². The van der Waals surface area contributed by atoms with Crippen LogP contribution in [0.4, 0.5) is 11.4 Å². The van der Waals surface area contributed by atoms with Gasteiger partial charge in [-0.15, -0.1) is 0 Å². The summed E-state index contributed by atoms with van der Waals surface area (Å²) in [7, 11) is 0. The quantitative estimate of drug-likeness (QED) is 0.845. The van der Waals surface area contributed by atoms with Crippen LogP contribution in [-0.4, -0.2) is 19.1 Å². The molecule has 0 saturated carbocycles. The average molecular weight is 312 g/mol. The van der Waals surface area contributed by atoms with Gasteiger partial charge < -0.3 is 15.4 Å². The van der Waals surface area contributed by atoms with Gasteiger partial charge in [-0.05, 0) is 56.5 Å². The summed E-state index contributed by atoms with van der Waals surface area (Å²) < 4.78 is 5.61. The largest absolute Gasteiger partial charge is 0.492 e. The molecule has 0 bridgehead atoms. The fraction of sp³-hybridized carbons (Fsp3) is 0.316. The van der Waals surface area contributed by atoms with Crippen LogP contribution in [0.2, 0.25) is 0 Å². The van der Waals surface area contributed by atoms with Crippen molar-refractivity contribution in [1.82, 2.24) is 0 Å². The minimum atomic E-state index is -0.0783. The Labute approximate surface area is 137 Å². The molecule has 122 valence electrons. The fourth-order valence-corrected chi connectivity index (χ4v) is 2.42. The monoisotopic (exact) mass is 312 g/mol. The van der Waals surface area contributed by atoms with Crippen LogP contribution in [0.5, 0.6) is 5.75 Å². The Morgan fingerprint density at radius 2 is 1.78 bits per heavy atom. The van der Waals surface area contributed by atoms with E-state index >= 15 is 0 Å². The first-order valence-electron chi connectivity index (χ1n) is 7.84. The van der Waals surface area contributed by atoms with Crippen molar-refractivity contribution in [3.63, 3.8) is 0 Å². The summed E-state index contributed by atoms with van der Waals surface area (Å²) in [5, 5.41) is 6.12. The highest BCUT2D eigenvalue weighted by molar-refractivity contribution is 5.95. The topological polar surface area (TPSA) is 50.4 Å². The molecule has 0 unspecified atom stereocenters. The minimum Gasteiger partial charge on any atom is -0.492 e. The van der Waals surface area contributed by atoms with Crippen LogP contribution >= 0.6 is 0 Å². The molecule has 2 N–H and O–H groups in total. The number of benzene rings is 2. The Morgan fingerprint density at radius 1 is 1.09 bits per heavy atom. The van der Waals surface area contributed by atoms with Crippen molar-refractivity contribution in [3.05, 3.63) is 53.1 Å². The summed E-state index contributed by atoms with van der Waals surface area (Å²) in [6, 6.07) is 11.9. The van der Waals surface area contributed by atoms with Crippen molar-refractivity contribution in [2.75, 3.05) is 23.8 Å². The first-order valence-corrected chi connectivity index (χ1v) is 7.84. The Hall–Kier alpha value is -2.49. The maximum atomic E-state index is 12.2. The van der Waals surface area contributed by atoms with Gasteiger partial charge in [-0.2, -0.15) is 0 Å². The molecular formula is C19H24N2O2. The van der Waals surface area contributed by atoms with E-state index in [4.69, 9.17) is 4.74 Å². The zero-order chi connectivity index (χ0) is 16.8. The third-order valence-corrected chi connectivity index (χ3v) is 3.62. The van der Waals surface area contributed by atoms with Crippen LogP contribution in [0.1, 0.15) is 23.6 Å². The van der Waals surface area contributed by atoms with E-state index in [1.807, 2.05) is 64.1 Å². The Balaban J connectivity index is 2.02. The predicted octanol–water partition coefficient (Wildman–Crippen LogP) is 4.06. The molecule has 0 aliphatic carbocycles. The van der Waals surface area contributed by atoms with Crippen molar-refractivity contribution in [2.45, 2.75) is 27.7 Å². The van der Waals surface area contributed by atoms with Gasteiger partial charge in [0.15, 0.2) is 0 Å². The van der Waals surface area contributed by atoms with Crippen molar-refractivity contribution < 1.29 is 9.53 Å². The molecule has 2 aromatic carbocycles. The van der Waals surface area contributed by atoms with E-state index in [-0.39, 0.29) is 12.5 Å². The second-order valence-electron chi connectivity index (χ2n) is 5.60. The first kappa shape index (κ1) is 16.9. The number of carbonyl (C=O) groups is 1. The van der Waals surface area contributed by atoms with Gasteiger partial charge in [0.1, 0.15) is 5.75 Å². The van der Waals surface area contributed by atoms with Gasteiger partial charge in [0, 0.05) is 5.69 Å². The van der Waals surface area contributed by atoms with Crippen LogP contribution < -0.4 is 15.4 Å². The molecule has 2 rings (SSSR count). The van der Waals surface area contributed by atoms with Gasteiger partial charge in [-0.25, -0.2) is 0 Å². The smallest absolute Gasteiger partial charge is 0.243 e. The number of carbonyl (C=O) groups excluding carboxylic acids is 1. The second kappa shape index (κ2) is 7.68. The summed E-state index contributed by atoms with van der Waals surface area (Å²) in [6.45, 7) is 8.72. The number of anilines is 2. The third-order valence-electron chi connectivity index (χ3n) is 3.62. The minimum absolute atomic E-state index is 0.0783. The summed E-state index contributed by atoms with van der Waals surface area (Å²) in [5.74, 6) is 0.692. The number of hydrogen-bond donors (Lipinski definition) is 2. The molecule has 23 heavy (non-hydrogen) atoms. The molecule has 0 radical (unpaired) electrons. The molecule has 0 aromatic heterocycles. The first-order chi connectivity index (χ1) is 11.0. The molecule has 0 aliphatic heterocycles. The van der Waals surface area contributed by atoms with E-state index < -0.39 is 0 Å². The van der Waals surface area contributed by atoms with Crippen LogP contribution in [-0.2, 0) is 4.79 Å². The van der Waals surface area contributed by atoms with Gasteiger partial charge in [-0.1, -0.05) is 24.3 Å². The van der Waals surface area contributed by atoms with Gasteiger partial charge in [-0.3, -0.25) is 4.79 Å². The summed E-state index contributed by atoms with van der Waals surface area (Å²) in [4.78, 5) is 12.2. The Morgan fingerprint density at radius 3 is 2.43 bits per heavy atom. The molecular weight excluding hydrogens is 288 g/mol. The lowest BCUT2D eigenvalue weighted by Gasteiger charge is -2.14. The molecule has 0 heterocycles. The molecule has 4 heteroatoms. The highest BCUT2D eigenvalue weighted by Gasteiger charge is 2.09. The van der Waals surface area contributed by atoms with Crippen molar-refractivity contribution in [2.24, 2.45) is 0 Å². The van der Waals surface area contributed by atoms with Gasteiger partial charge >= 0.3 is 0 Å². The molecule has 1 amide bonds. The molecule has 0 atom stereocenters. The molecule has 2 aromatic rings. The number of para-hydroxylation sites is 1. The number of amides is 1. The Bertz CT molecular complexity index is 676. The van der Waals surface area contributed by atoms with Crippen LogP contribution in [0, 0.1) is 20.8 Å². The van der Waals surface area contributed by atoms with E-state index in [9.17, 15) is 4.79 Å². The van der Waals surface area contributed by atoms with E-state index in [2.05, 4.69) is 10.6 Å². The lowest BCUT2D eigenvalue weighted by Crippen LogP contribution is -2.23. The van der Waals surface area contributed by atoms with E-state index in [0.29, 0.717) is 6.61 Å². The highest BCUT2D eigenvalue weighted by Crippen LogP contribution is 2.25. The summed E-state index contributed by atoms with van der Waals surface area (Å²) in [6.07, 6.45) is 0. The maximum Gasteiger partial charge on any atom is 0.243 e. The number of hydrogen-bond acceptors (Lipinski definition) is 3. The predicted molar refractivity (Wildman–Crippen MR) is 95.4 cm³/mol. The third kappa shape index (κ3) is 4.49. The molecule has 0 aliphatic rings. The number of nitrogens with one attached hydrogen (secondary N) is 2. The second-order valence-corrected chi connectivity index (χ2v) is 5.60. The van der Waals surface area contributed by atoms with Crippen molar-refractivity contribution >= 4 is 17.3 Å². The van der Waals surface area contributed by atoms with E-state index in [1.54, 1.807) is 0 Å². The maximum absolute atomic E-state index is 12.2. The lowest BCUT2D eigenvalue weighted by molar-refractivity contribution is -0.114. The number of ether oxygens (including phenoxy) is 1. The lowest BCUT2D eigenvalue weighted by atomic mass is 10.1. The standard InChI is InChI=1S/C19H24N2O2/c1-5-23-17-11-13(2)9-10-16(17)20-12-18(22)21-19-14(3)7-6-8-15(19)4/h6-11,20H,5,12H2,1-4H3,(H,21,22). The van der Waals surface area contributed by atoms with Crippen molar-refractivity contribution in [1.29, 1.82) is 0 Å². The molecule has 0 fully saturated rings. The van der Waals surface area contributed by atoms with Crippen LogP contribution in [0.25, 0.3) is 0 Å². The van der Waals surface area contributed by atoms with Gasteiger partial charge in [0.25, 0.3) is 0 Å². The SMILES string of the molecule is CCOc1cc(C)ccc1NCC(=O)Nc1c(C)cccc1C. The number of rotatable bonds is 6. The zero-order valence-corrected chi connectivity index (χ0v) is 14.2. The number of aryl methyl sites for hydroxylation is 3. The summed E-state index contributed by atoms with van der Waals surface area (Å²) >= 11 is 0. The van der Waals surface area contributed by atoms with E-state index in [0.717, 1.165) is 33.8 Å². The average Bonchev–Trinajstić information content (AvgIpc) is 2.51. The molecule has 0 saturated heterocycles. The highest BCUT2D eigenvalue weighted by atomic mass is 16.5. The van der Waals surface area contributed by atoms with Gasteiger partial charge in [0.05, 0.1) is 18.8 Å². The van der Waals surface area contributed by atoms with E-state index in [1.165, 1.54) is 0 Å². The van der Waals surface area contributed by atoms with Crippen LogP contribution in [0.15, 0.2) is 36.4 Å². The fourth-order valence-electron chi connectivity index (χ4n) is 2.42. The Kier molecular flexibility index (Phi) is 5.63. The molecule has 4 nitrogen and oxygen atoms in total. The molecule has 0 spiro atoms. The van der Waals surface area contributed by atoms with Gasteiger partial charge in [0.2, 0.25) is 5.91 Å². The zero-order valence-electron chi connectivity index (χ0n) is 14.2. The normalized spacial score (nSPS) is 10.3. The van der Waals surface area contributed by atoms with Crippen LogP contribution in [0.3, 0.4) is 0 Å².